The highest BCUT2D eigenvalue weighted by Crippen LogP contribution is 2.27. The van der Waals surface area contributed by atoms with Crippen LogP contribution in [0.1, 0.15) is 29.2 Å². The summed E-state index contributed by atoms with van der Waals surface area (Å²) in [6.45, 7) is 5.73. The monoisotopic (exact) mass is 443 g/mol. The summed E-state index contributed by atoms with van der Waals surface area (Å²) in [6.07, 6.45) is 1.06. The summed E-state index contributed by atoms with van der Waals surface area (Å²) in [6, 6.07) is 15.5. The molecule has 0 bridgehead atoms. The number of carbonyl (C=O) groups excluding carboxylic acids is 2. The second kappa shape index (κ2) is 8.80. The van der Waals surface area contributed by atoms with E-state index in [1.165, 1.54) is 4.90 Å². The normalized spacial score (nSPS) is 20.0. The molecule has 7 nitrogen and oxygen atoms in total. The van der Waals surface area contributed by atoms with Gasteiger partial charge in [-0.25, -0.2) is 8.42 Å². The third kappa shape index (κ3) is 5.32. The van der Waals surface area contributed by atoms with E-state index >= 15 is 0 Å². The van der Waals surface area contributed by atoms with Crippen LogP contribution in [0.15, 0.2) is 48.5 Å². The van der Waals surface area contributed by atoms with Crippen molar-refractivity contribution in [3.8, 4) is 0 Å². The Morgan fingerprint density at radius 2 is 1.74 bits per heavy atom. The fourth-order valence-electron chi connectivity index (χ4n) is 3.76. The van der Waals surface area contributed by atoms with Crippen LogP contribution in [0.25, 0.3) is 0 Å². The molecule has 3 rings (SSSR count). The van der Waals surface area contributed by atoms with Crippen molar-refractivity contribution >= 4 is 21.8 Å². The van der Waals surface area contributed by atoms with Crippen LogP contribution in [0.4, 0.5) is 0 Å². The van der Waals surface area contributed by atoms with Gasteiger partial charge in [0.25, 0.3) is 0 Å². The Hall–Kier alpha value is -2.71. The van der Waals surface area contributed by atoms with E-state index in [0.717, 1.165) is 32.8 Å². The minimum Gasteiger partial charge on any atom is -0.350 e. The van der Waals surface area contributed by atoms with Crippen LogP contribution in [-0.4, -0.2) is 54.3 Å². The van der Waals surface area contributed by atoms with Gasteiger partial charge in [0.2, 0.25) is 21.8 Å². The lowest BCUT2D eigenvalue weighted by molar-refractivity contribution is -0.153. The molecular formula is C23H29N3O4S. The van der Waals surface area contributed by atoms with Crippen molar-refractivity contribution in [1.29, 1.82) is 0 Å². The van der Waals surface area contributed by atoms with Gasteiger partial charge in [-0.2, -0.15) is 4.31 Å². The number of carbonyl (C=O) groups is 2. The summed E-state index contributed by atoms with van der Waals surface area (Å²) < 4.78 is 25.5. The molecule has 1 heterocycles. The molecule has 0 unspecified atom stereocenters. The van der Waals surface area contributed by atoms with Gasteiger partial charge in [-0.1, -0.05) is 59.7 Å². The van der Waals surface area contributed by atoms with E-state index < -0.39 is 21.5 Å². The Morgan fingerprint density at radius 1 is 1.06 bits per heavy atom. The molecule has 2 aromatic rings. The summed E-state index contributed by atoms with van der Waals surface area (Å²) in [5.74, 6) is -0.784. The number of nitrogens with one attached hydrogen (secondary N) is 1. The summed E-state index contributed by atoms with van der Waals surface area (Å²) in [7, 11) is -3.63. The van der Waals surface area contributed by atoms with Crippen molar-refractivity contribution in [1.82, 2.24) is 14.5 Å². The summed E-state index contributed by atoms with van der Waals surface area (Å²) in [5.41, 5.74) is 2.64. The molecule has 1 aliphatic rings. The van der Waals surface area contributed by atoms with Gasteiger partial charge in [0.15, 0.2) is 0 Å². The van der Waals surface area contributed by atoms with Crippen LogP contribution >= 0.6 is 0 Å². The highest BCUT2D eigenvalue weighted by Gasteiger charge is 2.49. The zero-order valence-corrected chi connectivity index (χ0v) is 19.2. The van der Waals surface area contributed by atoms with Gasteiger partial charge >= 0.3 is 0 Å². The van der Waals surface area contributed by atoms with Crippen molar-refractivity contribution in [2.45, 2.75) is 39.4 Å². The first-order valence-corrected chi connectivity index (χ1v) is 12.0. The van der Waals surface area contributed by atoms with Gasteiger partial charge < -0.3 is 10.2 Å². The van der Waals surface area contributed by atoms with Gasteiger partial charge in [-0.3, -0.25) is 9.59 Å². The minimum absolute atomic E-state index is 0.0941. The number of aryl methyl sites for hydroxylation is 2. The van der Waals surface area contributed by atoms with Crippen LogP contribution in [0.5, 0.6) is 0 Å². The molecule has 0 spiro atoms. The largest absolute Gasteiger partial charge is 0.350 e. The smallest absolute Gasteiger partial charge is 0.247 e. The van der Waals surface area contributed by atoms with E-state index in [4.69, 9.17) is 0 Å². The Labute approximate surface area is 184 Å². The molecule has 31 heavy (non-hydrogen) atoms. The predicted molar refractivity (Wildman–Crippen MR) is 120 cm³/mol. The zero-order valence-electron chi connectivity index (χ0n) is 18.4. The molecular weight excluding hydrogens is 414 g/mol. The van der Waals surface area contributed by atoms with Crippen molar-refractivity contribution in [2.75, 3.05) is 19.3 Å². The Morgan fingerprint density at radius 3 is 2.35 bits per heavy atom. The van der Waals surface area contributed by atoms with E-state index in [1.54, 1.807) is 6.92 Å². The molecule has 1 saturated heterocycles. The van der Waals surface area contributed by atoms with E-state index in [1.807, 2.05) is 62.4 Å². The summed E-state index contributed by atoms with van der Waals surface area (Å²) in [4.78, 5) is 27.8. The van der Waals surface area contributed by atoms with Gasteiger partial charge in [0.1, 0.15) is 5.54 Å². The van der Waals surface area contributed by atoms with Gasteiger partial charge in [0, 0.05) is 19.6 Å². The Bertz CT molecular complexity index is 1080. The van der Waals surface area contributed by atoms with Crippen molar-refractivity contribution < 1.29 is 18.0 Å². The second-order valence-corrected chi connectivity index (χ2v) is 10.4. The first kappa shape index (κ1) is 23.0. The van der Waals surface area contributed by atoms with Gasteiger partial charge in [-0.05, 0) is 31.9 Å². The Kier molecular flexibility index (Phi) is 6.52. The summed E-state index contributed by atoms with van der Waals surface area (Å²) in [5, 5.41) is 2.89. The van der Waals surface area contributed by atoms with Crippen LogP contribution in [-0.2, 0) is 32.7 Å². The molecule has 8 heteroatoms. The van der Waals surface area contributed by atoms with Crippen LogP contribution in [0, 0.1) is 13.8 Å². The average molecular weight is 444 g/mol. The molecule has 1 atom stereocenters. The lowest BCUT2D eigenvalue weighted by Gasteiger charge is -2.46. The lowest BCUT2D eigenvalue weighted by Crippen LogP contribution is -2.69. The molecule has 1 fully saturated rings. The second-order valence-electron chi connectivity index (χ2n) is 8.44. The van der Waals surface area contributed by atoms with E-state index in [-0.39, 0.29) is 25.5 Å². The molecule has 2 amide bonds. The Balaban J connectivity index is 1.88. The number of benzene rings is 2. The highest BCUT2D eigenvalue weighted by atomic mass is 32.2. The van der Waals surface area contributed by atoms with Gasteiger partial charge in [0.05, 0.1) is 12.8 Å². The fraction of sp³-hybridized carbons (Fsp3) is 0.391. The molecule has 0 radical (unpaired) electrons. The number of nitrogens with zero attached hydrogens (tertiary/aromatic N) is 2. The maximum atomic E-state index is 13.3. The van der Waals surface area contributed by atoms with Crippen LogP contribution in [0.2, 0.25) is 0 Å². The summed E-state index contributed by atoms with van der Waals surface area (Å²) >= 11 is 0. The number of hydrogen-bond donors (Lipinski definition) is 1. The maximum Gasteiger partial charge on any atom is 0.247 e. The highest BCUT2D eigenvalue weighted by molar-refractivity contribution is 7.88. The SMILES string of the molecule is Cc1ccc(CNC(=O)[C@]2(C)CN(S(C)(=O)=O)CC(=O)N2Cc2cccc(C)c2)cc1. The molecule has 0 aliphatic carbocycles. The predicted octanol–water partition coefficient (Wildman–Crippen LogP) is 1.98. The quantitative estimate of drug-likeness (QED) is 0.740. The topological polar surface area (TPSA) is 86.8 Å². The maximum absolute atomic E-state index is 13.3. The average Bonchev–Trinajstić information content (AvgIpc) is 2.69. The van der Waals surface area contributed by atoms with E-state index in [0.29, 0.717) is 6.54 Å². The minimum atomic E-state index is -3.63. The molecule has 0 saturated carbocycles. The van der Waals surface area contributed by atoms with E-state index in [2.05, 4.69) is 5.32 Å². The van der Waals surface area contributed by atoms with Crippen molar-refractivity contribution in [3.05, 3.63) is 70.8 Å². The first-order valence-electron chi connectivity index (χ1n) is 10.1. The lowest BCUT2D eigenvalue weighted by atomic mass is 9.94. The van der Waals surface area contributed by atoms with Crippen molar-refractivity contribution in [2.24, 2.45) is 0 Å². The number of piperazine rings is 1. The first-order chi connectivity index (χ1) is 14.5. The third-order valence-corrected chi connectivity index (χ3v) is 6.84. The fourth-order valence-corrected chi connectivity index (χ4v) is 4.59. The van der Waals surface area contributed by atoms with Gasteiger partial charge in [-0.15, -0.1) is 0 Å². The molecule has 1 aliphatic heterocycles. The van der Waals surface area contributed by atoms with Crippen LogP contribution in [0.3, 0.4) is 0 Å². The molecule has 2 aromatic carbocycles. The molecule has 1 N–H and O–H groups in total. The molecule has 0 aromatic heterocycles. The van der Waals surface area contributed by atoms with Crippen LogP contribution < -0.4 is 5.32 Å². The number of hydrogen-bond acceptors (Lipinski definition) is 4. The third-order valence-electron chi connectivity index (χ3n) is 5.65. The number of amides is 2. The zero-order chi connectivity index (χ0) is 22.8. The number of sulfonamides is 1. The number of rotatable bonds is 6. The standard InChI is InChI=1S/C23H29N3O4S/c1-17-8-10-19(11-9-17)13-24-22(28)23(3)16-25(31(4,29)30)15-21(27)26(23)14-20-7-5-6-18(2)12-20/h5-12H,13-16H2,1-4H3,(H,24,28)/t23-/m0/s1. The molecule has 166 valence electrons. The van der Waals surface area contributed by atoms with Crippen molar-refractivity contribution in [3.63, 3.8) is 0 Å². The van der Waals surface area contributed by atoms with E-state index in [9.17, 15) is 18.0 Å².